The van der Waals surface area contributed by atoms with E-state index in [0.717, 1.165) is 36.6 Å². The van der Waals surface area contributed by atoms with Crippen LogP contribution in [0.3, 0.4) is 0 Å². The molecule has 136 valence electrons. The second kappa shape index (κ2) is 6.79. The predicted molar refractivity (Wildman–Crippen MR) is 108 cm³/mol. The Labute approximate surface area is 162 Å². The van der Waals surface area contributed by atoms with Crippen molar-refractivity contribution in [1.82, 2.24) is 4.98 Å². The van der Waals surface area contributed by atoms with Crippen LogP contribution in [0.15, 0.2) is 49.9 Å². The lowest BCUT2D eigenvalue weighted by Gasteiger charge is -2.08. The van der Waals surface area contributed by atoms with Gasteiger partial charge in [0, 0.05) is 29.3 Å². The minimum absolute atomic E-state index is 0.0557. The summed E-state index contributed by atoms with van der Waals surface area (Å²) >= 11 is 2.91. The summed E-state index contributed by atoms with van der Waals surface area (Å²) in [5, 5.41) is 11.8. The van der Waals surface area contributed by atoms with E-state index in [-0.39, 0.29) is 11.3 Å². The Morgan fingerprint density at radius 2 is 2.04 bits per heavy atom. The third-order valence-electron chi connectivity index (χ3n) is 4.43. The number of non-ortho nitro benzene ring substituents is 1. The van der Waals surface area contributed by atoms with Crippen LogP contribution in [-0.2, 0) is 5.75 Å². The molecule has 2 aromatic carbocycles. The van der Waals surface area contributed by atoms with Crippen LogP contribution >= 0.6 is 23.1 Å². The summed E-state index contributed by atoms with van der Waals surface area (Å²) in [6, 6.07) is 10.2. The molecule has 0 aliphatic rings. The highest BCUT2D eigenvalue weighted by Gasteiger charge is 2.13. The quantitative estimate of drug-likeness (QED) is 0.203. The van der Waals surface area contributed by atoms with Gasteiger partial charge in [0.05, 0.1) is 15.1 Å². The van der Waals surface area contributed by atoms with E-state index in [9.17, 15) is 14.9 Å². The average molecular weight is 398 g/mol. The molecule has 4 aromatic rings. The predicted octanol–water partition coefficient (Wildman–Crippen LogP) is 5.22. The second-order valence-electron chi connectivity index (χ2n) is 6.15. The number of aromatic nitrogens is 1. The van der Waals surface area contributed by atoms with E-state index in [4.69, 9.17) is 4.42 Å². The van der Waals surface area contributed by atoms with Crippen molar-refractivity contribution in [2.45, 2.75) is 23.9 Å². The van der Waals surface area contributed by atoms with Gasteiger partial charge < -0.3 is 4.42 Å². The smallest absolute Gasteiger partial charge is 0.336 e. The van der Waals surface area contributed by atoms with Gasteiger partial charge in [0.1, 0.15) is 5.58 Å². The molecule has 6 nitrogen and oxygen atoms in total. The zero-order valence-corrected chi connectivity index (χ0v) is 16.1. The van der Waals surface area contributed by atoms with Crippen molar-refractivity contribution in [3.8, 4) is 0 Å². The standard InChI is InChI=1S/C19H14N2O4S2/c1-10-3-5-14-12(7-17(22)25-18(14)11(10)2)9-26-19-20-15-6-4-13(21(23)24)8-16(15)27-19/h3-8H,9H2,1-2H3. The normalized spacial score (nSPS) is 11.3. The number of rotatable bonds is 4. The number of nitro groups is 1. The molecule has 0 N–H and O–H groups in total. The number of hydrogen-bond acceptors (Lipinski definition) is 7. The number of benzene rings is 2. The highest BCUT2D eigenvalue weighted by Crippen LogP contribution is 2.34. The summed E-state index contributed by atoms with van der Waals surface area (Å²) in [6.07, 6.45) is 0. The highest BCUT2D eigenvalue weighted by atomic mass is 32.2. The van der Waals surface area contributed by atoms with E-state index in [1.54, 1.807) is 6.07 Å². The summed E-state index contributed by atoms with van der Waals surface area (Å²) in [4.78, 5) is 27.0. The van der Waals surface area contributed by atoms with Crippen LogP contribution in [0.25, 0.3) is 21.2 Å². The molecule has 4 rings (SSSR count). The topological polar surface area (TPSA) is 86.2 Å². The maximum atomic E-state index is 12.0. The third kappa shape index (κ3) is 3.33. The molecule has 0 amide bonds. The Bertz CT molecular complexity index is 1260. The number of nitro benzene ring substituents is 1. The molecule has 0 saturated carbocycles. The number of nitrogens with zero attached hydrogens (tertiary/aromatic N) is 2. The Morgan fingerprint density at radius 3 is 2.81 bits per heavy atom. The molecule has 0 aliphatic carbocycles. The molecule has 27 heavy (non-hydrogen) atoms. The molecule has 0 unspecified atom stereocenters. The number of thioether (sulfide) groups is 1. The second-order valence-corrected chi connectivity index (χ2v) is 8.41. The molecule has 0 fully saturated rings. The van der Waals surface area contributed by atoms with Gasteiger partial charge in [-0.1, -0.05) is 23.9 Å². The first kappa shape index (κ1) is 17.7. The van der Waals surface area contributed by atoms with Gasteiger partial charge >= 0.3 is 5.63 Å². The van der Waals surface area contributed by atoms with Gasteiger partial charge in [-0.3, -0.25) is 10.1 Å². The van der Waals surface area contributed by atoms with Crippen LogP contribution in [-0.4, -0.2) is 9.91 Å². The molecule has 0 atom stereocenters. The van der Waals surface area contributed by atoms with E-state index < -0.39 is 4.92 Å². The van der Waals surface area contributed by atoms with Gasteiger partial charge in [-0.05, 0) is 36.6 Å². The zero-order valence-electron chi connectivity index (χ0n) is 14.5. The maximum Gasteiger partial charge on any atom is 0.336 e. The van der Waals surface area contributed by atoms with Crippen molar-refractivity contribution in [2.75, 3.05) is 0 Å². The van der Waals surface area contributed by atoms with Gasteiger partial charge in [-0.2, -0.15) is 0 Å². The maximum absolute atomic E-state index is 12.0. The minimum Gasteiger partial charge on any atom is -0.422 e. The molecule has 0 spiro atoms. The van der Waals surface area contributed by atoms with E-state index in [1.165, 1.54) is 41.3 Å². The summed E-state index contributed by atoms with van der Waals surface area (Å²) in [5.41, 5.74) is 3.97. The van der Waals surface area contributed by atoms with Crippen LogP contribution in [0.4, 0.5) is 5.69 Å². The van der Waals surface area contributed by atoms with Crippen molar-refractivity contribution >= 4 is 50.0 Å². The lowest BCUT2D eigenvalue weighted by Crippen LogP contribution is -2.01. The molecule has 8 heteroatoms. The number of fused-ring (bicyclic) bond motifs is 2. The van der Waals surface area contributed by atoms with E-state index in [2.05, 4.69) is 4.98 Å². The van der Waals surface area contributed by atoms with Crippen molar-refractivity contribution in [3.63, 3.8) is 0 Å². The molecule has 2 aromatic heterocycles. The fourth-order valence-electron chi connectivity index (χ4n) is 2.85. The first-order chi connectivity index (χ1) is 12.9. The van der Waals surface area contributed by atoms with Crippen molar-refractivity contribution in [3.05, 3.63) is 73.6 Å². The Balaban J connectivity index is 1.67. The molecule has 2 heterocycles. The lowest BCUT2D eigenvalue weighted by atomic mass is 10.0. The van der Waals surface area contributed by atoms with Gasteiger partial charge in [-0.15, -0.1) is 11.3 Å². The molecule has 0 saturated heterocycles. The van der Waals surface area contributed by atoms with Gasteiger partial charge in [0.25, 0.3) is 5.69 Å². The molecule has 0 radical (unpaired) electrons. The number of hydrogen-bond donors (Lipinski definition) is 0. The first-order valence-electron chi connectivity index (χ1n) is 8.13. The van der Waals surface area contributed by atoms with Gasteiger partial charge in [0.2, 0.25) is 0 Å². The lowest BCUT2D eigenvalue weighted by molar-refractivity contribution is -0.384. The highest BCUT2D eigenvalue weighted by molar-refractivity contribution is 8.00. The van der Waals surface area contributed by atoms with E-state index in [1.807, 2.05) is 26.0 Å². The fourth-order valence-corrected chi connectivity index (χ4v) is 4.94. The molecule has 0 bridgehead atoms. The largest absolute Gasteiger partial charge is 0.422 e. The first-order valence-corrected chi connectivity index (χ1v) is 9.93. The average Bonchev–Trinajstić information content (AvgIpc) is 3.05. The zero-order chi connectivity index (χ0) is 19.1. The summed E-state index contributed by atoms with van der Waals surface area (Å²) < 4.78 is 6.98. The van der Waals surface area contributed by atoms with Gasteiger partial charge in [-0.25, -0.2) is 9.78 Å². The van der Waals surface area contributed by atoms with Crippen LogP contribution in [0, 0.1) is 24.0 Å². The summed E-state index contributed by atoms with van der Waals surface area (Å²) in [5.74, 6) is 0.562. The van der Waals surface area contributed by atoms with Crippen molar-refractivity contribution < 1.29 is 9.34 Å². The Kier molecular flexibility index (Phi) is 4.45. The van der Waals surface area contributed by atoms with E-state index in [0.29, 0.717) is 11.3 Å². The Morgan fingerprint density at radius 1 is 1.22 bits per heavy atom. The summed E-state index contributed by atoms with van der Waals surface area (Å²) in [7, 11) is 0. The minimum atomic E-state index is -0.411. The van der Waals surface area contributed by atoms with E-state index >= 15 is 0 Å². The van der Waals surface area contributed by atoms with Crippen LogP contribution in [0.5, 0.6) is 0 Å². The Hall–Kier alpha value is -2.71. The number of thiazole rings is 1. The third-order valence-corrected chi connectivity index (χ3v) is 6.64. The monoisotopic (exact) mass is 398 g/mol. The van der Waals surface area contributed by atoms with Gasteiger partial charge in [0.15, 0.2) is 4.34 Å². The van der Waals surface area contributed by atoms with Crippen LogP contribution in [0.1, 0.15) is 16.7 Å². The molecular formula is C19H14N2O4S2. The van der Waals surface area contributed by atoms with Crippen LogP contribution in [0.2, 0.25) is 0 Å². The van der Waals surface area contributed by atoms with Crippen molar-refractivity contribution in [2.24, 2.45) is 0 Å². The molecule has 0 aliphatic heterocycles. The van der Waals surface area contributed by atoms with Crippen molar-refractivity contribution in [1.29, 1.82) is 0 Å². The SMILES string of the molecule is Cc1ccc2c(CSc3nc4ccc([N+](=O)[O-])cc4s3)cc(=O)oc2c1C. The molecular weight excluding hydrogens is 384 g/mol. The summed E-state index contributed by atoms with van der Waals surface area (Å²) in [6.45, 7) is 3.93. The van der Waals surface area contributed by atoms with Crippen LogP contribution < -0.4 is 5.63 Å². The fraction of sp³-hybridized carbons (Fsp3) is 0.158. The number of aryl methyl sites for hydroxylation is 2.